The predicted octanol–water partition coefficient (Wildman–Crippen LogP) is 7.27. The first-order chi connectivity index (χ1) is 22.3. The Morgan fingerprint density at radius 3 is 2.35 bits per heavy atom. The van der Waals surface area contributed by atoms with Gasteiger partial charge >= 0.3 is 6.18 Å². The molecule has 0 aliphatic heterocycles. The van der Waals surface area contributed by atoms with Crippen LogP contribution in [-0.2, 0) is 19.3 Å². The summed E-state index contributed by atoms with van der Waals surface area (Å²) in [7, 11) is 0. The molecule has 7 nitrogen and oxygen atoms in total. The molecule has 4 aromatic carbocycles. The van der Waals surface area contributed by atoms with E-state index < -0.39 is 17.8 Å². The lowest BCUT2D eigenvalue weighted by atomic mass is 9.97. The van der Waals surface area contributed by atoms with Crippen molar-refractivity contribution < 1.29 is 22.7 Å². The molecule has 1 heterocycles. The number of aromatic nitrogens is 2. The van der Waals surface area contributed by atoms with Crippen LogP contribution < -0.4 is 21.1 Å². The van der Waals surface area contributed by atoms with Crippen molar-refractivity contribution in [2.45, 2.75) is 38.2 Å². The van der Waals surface area contributed by atoms with Crippen LogP contribution in [0.25, 0.3) is 5.69 Å². The second-order valence-electron chi connectivity index (χ2n) is 11.4. The maximum Gasteiger partial charge on any atom is 0.435 e. The summed E-state index contributed by atoms with van der Waals surface area (Å²) in [5, 5.41) is 10.2. The zero-order valence-corrected chi connectivity index (χ0v) is 25.0. The molecule has 0 saturated heterocycles. The summed E-state index contributed by atoms with van der Waals surface area (Å²) in [4.78, 5) is 13.5. The number of anilines is 1. The van der Waals surface area contributed by atoms with E-state index in [4.69, 9.17) is 10.5 Å². The Hall–Kier alpha value is -4.93. The Balaban J connectivity index is 1.24. The molecule has 1 aliphatic rings. The highest BCUT2D eigenvalue weighted by Crippen LogP contribution is 2.32. The van der Waals surface area contributed by atoms with Crippen LogP contribution in [0.2, 0.25) is 0 Å². The van der Waals surface area contributed by atoms with Gasteiger partial charge in [0.05, 0.1) is 11.7 Å². The number of amides is 1. The van der Waals surface area contributed by atoms with Crippen LogP contribution in [0.4, 0.5) is 18.9 Å². The van der Waals surface area contributed by atoms with E-state index in [-0.39, 0.29) is 18.3 Å². The van der Waals surface area contributed by atoms with Crippen LogP contribution >= 0.6 is 0 Å². The maximum atomic E-state index is 13.7. The maximum absolute atomic E-state index is 13.7. The molecule has 4 N–H and O–H groups in total. The highest BCUT2D eigenvalue weighted by atomic mass is 19.4. The lowest BCUT2D eigenvalue weighted by Crippen LogP contribution is -2.25. The van der Waals surface area contributed by atoms with Gasteiger partial charge in [0.15, 0.2) is 5.69 Å². The fourth-order valence-electron chi connectivity index (χ4n) is 5.22. The zero-order chi connectivity index (χ0) is 32.1. The predicted molar refractivity (Wildman–Crippen MR) is 171 cm³/mol. The largest absolute Gasteiger partial charge is 0.489 e. The summed E-state index contributed by atoms with van der Waals surface area (Å²) in [6, 6.07) is 32.4. The fourth-order valence-corrected chi connectivity index (χ4v) is 5.22. The van der Waals surface area contributed by atoms with Crippen molar-refractivity contribution in [3.05, 3.63) is 143 Å². The molecule has 5 aromatic rings. The number of nitrogens with one attached hydrogen (secondary N) is 2. The van der Waals surface area contributed by atoms with E-state index in [0.29, 0.717) is 29.5 Å². The molecular formula is C36H34F3N5O2. The first-order valence-electron chi connectivity index (χ1n) is 15.1. The van der Waals surface area contributed by atoms with Crippen molar-refractivity contribution in [2.24, 2.45) is 11.7 Å². The second-order valence-corrected chi connectivity index (χ2v) is 11.4. The van der Waals surface area contributed by atoms with Crippen LogP contribution in [0.1, 0.15) is 57.3 Å². The third kappa shape index (κ3) is 7.64. The molecule has 0 bridgehead atoms. The van der Waals surface area contributed by atoms with Gasteiger partial charge in [-0.25, -0.2) is 4.68 Å². The number of hydrogen-bond donors (Lipinski definition) is 3. The molecule has 236 valence electrons. The van der Waals surface area contributed by atoms with Crippen molar-refractivity contribution in [3.63, 3.8) is 0 Å². The van der Waals surface area contributed by atoms with Crippen LogP contribution in [0.5, 0.6) is 5.75 Å². The number of carbonyl (C=O) groups excluding carboxylic acids is 1. The molecule has 1 amide bonds. The van der Waals surface area contributed by atoms with Crippen LogP contribution in [0, 0.1) is 5.92 Å². The lowest BCUT2D eigenvalue weighted by molar-refractivity contribution is -0.141. The zero-order valence-electron chi connectivity index (χ0n) is 25.0. The van der Waals surface area contributed by atoms with Crippen molar-refractivity contribution in [2.75, 3.05) is 11.9 Å². The Morgan fingerprint density at radius 2 is 1.63 bits per heavy atom. The third-order valence-corrected chi connectivity index (χ3v) is 7.87. The van der Waals surface area contributed by atoms with E-state index in [0.717, 1.165) is 39.7 Å². The number of alkyl halides is 3. The molecule has 1 unspecified atom stereocenters. The standard InChI is InChI=1S/C36H34F3N5O2/c37-36(38,39)33-20-32(44(43-33)30-11-4-8-26(18-30)21-40)35(45)42-29-10-5-9-28(19-29)34(41-22-24-12-13-24)27-14-16-31(17-15-27)46-23-25-6-2-1-3-7-25/h1-11,14-20,24,34,41H,12-13,21-23,40H2,(H,42,45). The number of benzene rings is 4. The van der Waals surface area contributed by atoms with E-state index in [1.54, 1.807) is 30.3 Å². The highest BCUT2D eigenvalue weighted by molar-refractivity contribution is 6.03. The number of rotatable bonds is 12. The van der Waals surface area contributed by atoms with Gasteiger partial charge in [0.25, 0.3) is 5.91 Å². The normalized spacial score (nSPS) is 13.7. The molecule has 46 heavy (non-hydrogen) atoms. The minimum absolute atomic E-state index is 0.179. The van der Waals surface area contributed by atoms with Gasteiger partial charge in [0.2, 0.25) is 0 Å². The first-order valence-corrected chi connectivity index (χ1v) is 15.1. The topological polar surface area (TPSA) is 94.2 Å². The molecule has 6 rings (SSSR count). The lowest BCUT2D eigenvalue weighted by Gasteiger charge is -2.21. The molecule has 1 saturated carbocycles. The van der Waals surface area contributed by atoms with Gasteiger partial charge in [-0.15, -0.1) is 0 Å². The van der Waals surface area contributed by atoms with Gasteiger partial charge in [-0.2, -0.15) is 18.3 Å². The molecule has 1 fully saturated rings. The second kappa shape index (κ2) is 13.6. The van der Waals surface area contributed by atoms with Gasteiger partial charge in [0, 0.05) is 18.3 Å². The summed E-state index contributed by atoms with van der Waals surface area (Å²) in [6.07, 6.45) is -2.36. The molecule has 1 atom stereocenters. The van der Waals surface area contributed by atoms with E-state index in [1.807, 2.05) is 72.8 Å². The van der Waals surface area contributed by atoms with Crippen molar-refractivity contribution in [1.82, 2.24) is 15.1 Å². The number of hydrogen-bond acceptors (Lipinski definition) is 5. The van der Waals surface area contributed by atoms with Crippen LogP contribution in [-0.4, -0.2) is 22.2 Å². The van der Waals surface area contributed by atoms with Crippen molar-refractivity contribution in [3.8, 4) is 11.4 Å². The van der Waals surface area contributed by atoms with Gasteiger partial charge in [-0.05, 0) is 84.0 Å². The molecule has 10 heteroatoms. The van der Waals surface area contributed by atoms with Gasteiger partial charge in [-0.1, -0.05) is 66.7 Å². The molecular weight excluding hydrogens is 591 g/mol. The van der Waals surface area contributed by atoms with Gasteiger partial charge in [-0.3, -0.25) is 4.79 Å². The Bertz CT molecular complexity index is 1780. The number of ether oxygens (including phenoxy) is 1. The monoisotopic (exact) mass is 625 g/mol. The number of halogens is 3. The Kier molecular flexibility index (Phi) is 9.18. The van der Waals surface area contributed by atoms with Gasteiger partial charge < -0.3 is 21.1 Å². The average molecular weight is 626 g/mol. The van der Waals surface area contributed by atoms with Crippen LogP contribution in [0.3, 0.4) is 0 Å². The van der Waals surface area contributed by atoms with Crippen LogP contribution in [0.15, 0.2) is 109 Å². The molecule has 0 spiro atoms. The molecule has 1 aliphatic carbocycles. The Labute approximate surface area is 265 Å². The Morgan fingerprint density at radius 1 is 0.891 bits per heavy atom. The summed E-state index contributed by atoms with van der Waals surface area (Å²) in [6.45, 7) is 1.50. The SMILES string of the molecule is NCc1cccc(-n2nc(C(F)(F)F)cc2C(=O)Nc2cccc(C(NCC3CC3)c3ccc(OCc4ccccc4)cc3)c2)c1. The number of carbonyl (C=O) groups is 1. The smallest absolute Gasteiger partial charge is 0.435 e. The summed E-state index contributed by atoms with van der Waals surface area (Å²) in [5.74, 6) is 0.654. The van der Waals surface area contributed by atoms with Gasteiger partial charge in [0.1, 0.15) is 18.1 Å². The average Bonchev–Trinajstić information content (AvgIpc) is 3.78. The minimum atomic E-state index is -4.73. The quantitative estimate of drug-likeness (QED) is 0.136. The minimum Gasteiger partial charge on any atom is -0.489 e. The van der Waals surface area contributed by atoms with E-state index in [2.05, 4.69) is 15.7 Å². The number of nitrogens with zero attached hydrogens (tertiary/aromatic N) is 2. The first kappa shape index (κ1) is 31.1. The van der Waals surface area contributed by atoms with E-state index in [9.17, 15) is 18.0 Å². The fraction of sp³-hybridized carbons (Fsp3) is 0.222. The number of nitrogens with two attached hydrogens (primary N) is 1. The van der Waals surface area contributed by atoms with E-state index in [1.165, 1.54) is 12.8 Å². The summed E-state index contributed by atoms with van der Waals surface area (Å²) in [5.41, 5.74) is 8.77. The third-order valence-electron chi connectivity index (χ3n) is 7.87. The summed E-state index contributed by atoms with van der Waals surface area (Å²) >= 11 is 0. The van der Waals surface area contributed by atoms with Crippen molar-refractivity contribution in [1.29, 1.82) is 0 Å². The van der Waals surface area contributed by atoms with Crippen molar-refractivity contribution >= 4 is 11.6 Å². The highest BCUT2D eigenvalue weighted by Gasteiger charge is 2.36. The molecule has 0 radical (unpaired) electrons. The van der Waals surface area contributed by atoms with E-state index >= 15 is 0 Å². The summed E-state index contributed by atoms with van der Waals surface area (Å²) < 4.78 is 48.0. The molecule has 1 aromatic heterocycles.